The van der Waals surface area contributed by atoms with Crippen molar-refractivity contribution in [2.24, 2.45) is 5.73 Å². The average molecular weight is 497 g/mol. The number of aliphatic carboxylic acids is 1. The zero-order valence-corrected chi connectivity index (χ0v) is 19.6. The zero-order chi connectivity index (χ0) is 24.8. The molecule has 2 aromatic rings. The zero-order valence-electron chi connectivity index (χ0n) is 17.9. The van der Waals surface area contributed by atoms with Crippen molar-refractivity contribution < 1.29 is 37.2 Å². The van der Waals surface area contributed by atoms with Gasteiger partial charge in [-0.2, -0.15) is 8.42 Å². The summed E-state index contributed by atoms with van der Waals surface area (Å²) in [6.07, 6.45) is 0.00917. The third-order valence-electron chi connectivity index (χ3n) is 4.49. The van der Waals surface area contributed by atoms with Crippen molar-refractivity contribution in [3.05, 3.63) is 63.6 Å². The topological polar surface area (TPSA) is 164 Å². The second kappa shape index (κ2) is 11.2. The molecule has 1 aliphatic heterocycles. The predicted molar refractivity (Wildman–Crippen MR) is 120 cm³/mol. The van der Waals surface area contributed by atoms with Crippen LogP contribution in [0, 0.1) is 6.92 Å². The van der Waals surface area contributed by atoms with E-state index in [-0.39, 0.29) is 23.8 Å². The van der Waals surface area contributed by atoms with Crippen LogP contribution in [0.1, 0.15) is 17.4 Å². The molecule has 3 rings (SSSR count). The Morgan fingerprint density at radius 1 is 1.24 bits per heavy atom. The molecule has 0 radical (unpaired) electrons. The van der Waals surface area contributed by atoms with Gasteiger partial charge in [0.05, 0.1) is 11.3 Å². The fourth-order valence-electron chi connectivity index (χ4n) is 2.76. The highest BCUT2D eigenvalue weighted by molar-refractivity contribution is 7.85. The number of hydrogen-bond acceptors (Lipinski definition) is 8. The lowest BCUT2D eigenvalue weighted by molar-refractivity contribution is -0.148. The standard InChI is InChI=1S/C14H16N2O5S.C7H8O3S/c1-8(6-16-7-10(15)13(16)18)12(14(19)20)21-11(17)5-9-3-2-4-22-9;1-6-2-4-7(5-3-6)11(8,9)10/h2-4,10H,5-7,15H2,1H3,(H,19,20);2-5H,1H3,(H,8,9,10)/t10-;/m0./s1. The van der Waals surface area contributed by atoms with Crippen LogP contribution in [0.2, 0.25) is 0 Å². The third-order valence-corrected chi connectivity index (χ3v) is 6.23. The van der Waals surface area contributed by atoms with Gasteiger partial charge in [0.15, 0.2) is 0 Å². The quantitative estimate of drug-likeness (QED) is 0.170. The van der Waals surface area contributed by atoms with E-state index in [1.807, 2.05) is 12.3 Å². The van der Waals surface area contributed by atoms with Crippen molar-refractivity contribution in [1.82, 2.24) is 4.90 Å². The van der Waals surface area contributed by atoms with E-state index in [4.69, 9.17) is 15.0 Å². The maximum Gasteiger partial charge on any atom is 0.371 e. The van der Waals surface area contributed by atoms with Crippen LogP contribution in [0.15, 0.2) is 58.0 Å². The van der Waals surface area contributed by atoms with Crippen LogP contribution in [0.25, 0.3) is 0 Å². The molecule has 12 heteroatoms. The van der Waals surface area contributed by atoms with Gasteiger partial charge in [-0.3, -0.25) is 14.1 Å². The number of ether oxygens (including phenoxy) is 1. The number of carboxylic acid groups (broad SMARTS) is 1. The van der Waals surface area contributed by atoms with E-state index in [1.54, 1.807) is 24.3 Å². The summed E-state index contributed by atoms with van der Waals surface area (Å²) in [5.41, 5.74) is 6.73. The number of nitrogens with zero attached hydrogens (tertiary/aromatic N) is 1. The number of thiophene rings is 1. The molecule has 1 amide bonds. The molecule has 1 atom stereocenters. The minimum Gasteiger partial charge on any atom is -0.475 e. The Balaban J connectivity index is 0.000000294. The van der Waals surface area contributed by atoms with Crippen molar-refractivity contribution in [3.63, 3.8) is 0 Å². The highest BCUT2D eigenvalue weighted by atomic mass is 32.2. The Bertz CT molecular complexity index is 1140. The SMILES string of the molecule is CC(CN1C[C@H](N)C1=O)=C(OC(=O)Cc1cccs1)C(=O)O.Cc1ccc(S(=O)(=O)O)cc1. The van der Waals surface area contributed by atoms with Gasteiger partial charge < -0.3 is 20.5 Å². The van der Waals surface area contributed by atoms with E-state index in [0.717, 1.165) is 10.4 Å². The summed E-state index contributed by atoms with van der Waals surface area (Å²) in [5.74, 6) is -2.66. The molecule has 10 nitrogen and oxygen atoms in total. The lowest BCUT2D eigenvalue weighted by Gasteiger charge is -2.36. The van der Waals surface area contributed by atoms with Gasteiger partial charge >= 0.3 is 11.9 Å². The summed E-state index contributed by atoms with van der Waals surface area (Å²) in [4.78, 5) is 36.6. The van der Waals surface area contributed by atoms with E-state index in [9.17, 15) is 27.9 Å². The summed E-state index contributed by atoms with van der Waals surface area (Å²) < 4.78 is 34.5. The Labute approximate surface area is 195 Å². The van der Waals surface area contributed by atoms with Gasteiger partial charge in [0.1, 0.15) is 6.04 Å². The van der Waals surface area contributed by atoms with E-state index < -0.39 is 33.9 Å². The van der Waals surface area contributed by atoms with Gasteiger partial charge in [-0.05, 0) is 43.0 Å². The number of carboxylic acids is 1. The van der Waals surface area contributed by atoms with E-state index in [0.29, 0.717) is 12.1 Å². The maximum absolute atomic E-state index is 11.8. The summed E-state index contributed by atoms with van der Waals surface area (Å²) in [6.45, 7) is 3.80. The largest absolute Gasteiger partial charge is 0.475 e. The highest BCUT2D eigenvalue weighted by Gasteiger charge is 2.34. The third kappa shape index (κ3) is 7.79. The molecule has 0 spiro atoms. The minimum absolute atomic E-state index is 0.00917. The molecule has 33 heavy (non-hydrogen) atoms. The van der Waals surface area contributed by atoms with Crippen LogP contribution in [0.5, 0.6) is 0 Å². The number of esters is 1. The van der Waals surface area contributed by atoms with Crippen LogP contribution >= 0.6 is 11.3 Å². The average Bonchev–Trinajstić information content (AvgIpc) is 3.24. The summed E-state index contributed by atoms with van der Waals surface area (Å²) in [7, 11) is -4.02. The Kier molecular flexibility index (Phi) is 8.88. The number of likely N-dealkylation sites (tertiary alicyclic amines) is 1. The predicted octanol–water partition coefficient (Wildman–Crippen LogP) is 1.60. The van der Waals surface area contributed by atoms with Crippen molar-refractivity contribution in [2.75, 3.05) is 13.1 Å². The van der Waals surface area contributed by atoms with E-state index in [1.165, 1.54) is 35.3 Å². The minimum atomic E-state index is -4.02. The molecule has 4 N–H and O–H groups in total. The second-order valence-electron chi connectivity index (χ2n) is 7.26. The van der Waals surface area contributed by atoms with E-state index >= 15 is 0 Å². The summed E-state index contributed by atoms with van der Waals surface area (Å²) >= 11 is 1.39. The van der Waals surface area contributed by atoms with Crippen LogP contribution in [0.3, 0.4) is 0 Å². The molecule has 1 fully saturated rings. The van der Waals surface area contributed by atoms with Gasteiger partial charge in [0.2, 0.25) is 11.7 Å². The van der Waals surface area contributed by atoms with Crippen molar-refractivity contribution >= 4 is 39.3 Å². The number of hydrogen-bond donors (Lipinski definition) is 3. The van der Waals surface area contributed by atoms with Crippen molar-refractivity contribution in [1.29, 1.82) is 0 Å². The molecular formula is C21H24N2O8S2. The lowest BCUT2D eigenvalue weighted by Crippen LogP contribution is -2.61. The van der Waals surface area contributed by atoms with Crippen molar-refractivity contribution in [3.8, 4) is 0 Å². The van der Waals surface area contributed by atoms with Gasteiger partial charge in [0, 0.05) is 18.0 Å². The lowest BCUT2D eigenvalue weighted by atomic mass is 10.1. The number of β-lactam (4-membered cyclic amide) rings is 1. The van der Waals surface area contributed by atoms with Gasteiger partial charge in [0.25, 0.3) is 10.1 Å². The fourth-order valence-corrected chi connectivity index (χ4v) is 3.93. The Morgan fingerprint density at radius 3 is 2.33 bits per heavy atom. The molecular weight excluding hydrogens is 472 g/mol. The van der Waals surface area contributed by atoms with Crippen LogP contribution in [-0.2, 0) is 35.7 Å². The van der Waals surface area contributed by atoms with Gasteiger partial charge in [-0.15, -0.1) is 11.3 Å². The molecule has 0 aliphatic carbocycles. The molecule has 2 heterocycles. The molecule has 1 aromatic carbocycles. The molecule has 178 valence electrons. The second-order valence-corrected chi connectivity index (χ2v) is 9.71. The first-order chi connectivity index (χ1) is 15.4. The molecule has 0 bridgehead atoms. The first-order valence-corrected chi connectivity index (χ1v) is 11.9. The first kappa shape index (κ1) is 26.2. The van der Waals surface area contributed by atoms with Crippen LogP contribution < -0.4 is 5.73 Å². The smallest absolute Gasteiger partial charge is 0.371 e. The van der Waals surface area contributed by atoms with E-state index in [2.05, 4.69) is 0 Å². The van der Waals surface area contributed by atoms with Gasteiger partial charge in [-0.25, -0.2) is 4.79 Å². The van der Waals surface area contributed by atoms with Crippen LogP contribution in [0.4, 0.5) is 0 Å². The Hall–Kier alpha value is -3.06. The normalized spacial score (nSPS) is 16.2. The number of carbonyl (C=O) groups is 3. The molecule has 0 saturated carbocycles. The first-order valence-electron chi connectivity index (χ1n) is 9.63. The Morgan fingerprint density at radius 2 is 1.88 bits per heavy atom. The number of carbonyl (C=O) groups excluding carboxylic acids is 2. The maximum atomic E-state index is 11.8. The molecule has 1 saturated heterocycles. The highest BCUT2D eigenvalue weighted by Crippen LogP contribution is 2.16. The molecule has 1 aromatic heterocycles. The number of nitrogens with two attached hydrogens (primary N) is 1. The fraction of sp³-hybridized carbons (Fsp3) is 0.286. The number of benzene rings is 1. The van der Waals surface area contributed by atoms with Crippen LogP contribution in [-0.4, -0.2) is 60.0 Å². The number of amides is 1. The monoisotopic (exact) mass is 496 g/mol. The number of rotatable bonds is 7. The summed E-state index contributed by atoms with van der Waals surface area (Å²) in [5, 5.41) is 11.0. The summed E-state index contributed by atoms with van der Waals surface area (Å²) in [6, 6.07) is 9.03. The van der Waals surface area contributed by atoms with Gasteiger partial charge in [-0.1, -0.05) is 23.8 Å². The molecule has 1 aliphatic rings. The molecule has 0 unspecified atom stereocenters. The number of aryl methyl sites for hydroxylation is 1. The van der Waals surface area contributed by atoms with Crippen molar-refractivity contribution in [2.45, 2.75) is 31.2 Å².